The average molecular weight is 428 g/mol. The van der Waals surface area contributed by atoms with Gasteiger partial charge in [-0.15, -0.1) is 0 Å². The second kappa shape index (κ2) is 8.31. The topological polar surface area (TPSA) is 64.6 Å². The van der Waals surface area contributed by atoms with Crippen molar-refractivity contribution in [2.45, 2.75) is 44.6 Å². The summed E-state index contributed by atoms with van der Waals surface area (Å²) in [5.41, 5.74) is 0.713. The van der Waals surface area contributed by atoms with Gasteiger partial charge < -0.3 is 14.8 Å². The molecule has 158 valence electrons. The van der Waals surface area contributed by atoms with Gasteiger partial charge in [0.1, 0.15) is 17.3 Å². The number of Topliss-reactive ketones (excluding diaryl/α,β-unsaturated/α-hetero) is 1. The second-order valence-electron chi connectivity index (χ2n) is 8.57. The number of halogens is 1. The Morgan fingerprint density at radius 1 is 1.03 bits per heavy atom. The first-order chi connectivity index (χ1) is 14.4. The Hall–Kier alpha value is -2.53. The van der Waals surface area contributed by atoms with Crippen LogP contribution in [-0.4, -0.2) is 30.4 Å². The SMILES string of the molecule is Cc1cccc(OCCCC(=O)C23CC(NC(=O)COc4ccc(Cl)cc4)(C2)C3)c1. The van der Waals surface area contributed by atoms with Gasteiger partial charge in [0.15, 0.2) is 6.61 Å². The molecule has 5 nitrogen and oxygen atoms in total. The lowest BCUT2D eigenvalue weighted by atomic mass is 9.37. The molecule has 1 amide bonds. The summed E-state index contributed by atoms with van der Waals surface area (Å²) in [6.07, 6.45) is 3.46. The summed E-state index contributed by atoms with van der Waals surface area (Å²) in [6.45, 7) is 2.52. The van der Waals surface area contributed by atoms with E-state index in [4.69, 9.17) is 21.1 Å². The lowest BCUT2D eigenvalue weighted by molar-refractivity contribution is -0.182. The Morgan fingerprint density at radius 2 is 1.77 bits per heavy atom. The largest absolute Gasteiger partial charge is 0.494 e. The number of ketones is 1. The van der Waals surface area contributed by atoms with Crippen LogP contribution in [0.4, 0.5) is 0 Å². The number of ether oxygens (including phenoxy) is 2. The molecule has 1 N–H and O–H groups in total. The zero-order valence-corrected chi connectivity index (χ0v) is 17.8. The van der Waals surface area contributed by atoms with Crippen molar-refractivity contribution in [3.05, 3.63) is 59.1 Å². The maximum absolute atomic E-state index is 12.6. The normalized spacial score (nSPS) is 23.7. The number of carbonyl (C=O) groups excluding carboxylic acids is 2. The molecule has 0 radical (unpaired) electrons. The Balaban J connectivity index is 1.14. The third kappa shape index (κ3) is 4.46. The smallest absolute Gasteiger partial charge is 0.258 e. The van der Waals surface area contributed by atoms with E-state index in [1.165, 1.54) is 0 Å². The fourth-order valence-electron chi connectivity index (χ4n) is 4.62. The summed E-state index contributed by atoms with van der Waals surface area (Å²) < 4.78 is 11.2. The summed E-state index contributed by atoms with van der Waals surface area (Å²) in [6, 6.07) is 14.8. The number of benzene rings is 2. The monoisotopic (exact) mass is 427 g/mol. The second-order valence-corrected chi connectivity index (χ2v) is 9.01. The van der Waals surface area contributed by atoms with Crippen molar-refractivity contribution in [3.63, 3.8) is 0 Å². The molecule has 2 aromatic carbocycles. The van der Waals surface area contributed by atoms with E-state index in [1.54, 1.807) is 24.3 Å². The van der Waals surface area contributed by atoms with Gasteiger partial charge in [-0.3, -0.25) is 9.59 Å². The molecule has 3 saturated carbocycles. The standard InChI is InChI=1S/C24H26ClNO4/c1-17-4-2-5-20(12-17)29-11-3-6-21(27)23-14-24(15-23,16-23)26-22(28)13-30-19-9-7-18(25)8-10-19/h2,4-5,7-10,12H,3,6,11,13-16H2,1H3,(H,26,28). The molecular weight excluding hydrogens is 402 g/mol. The molecule has 0 spiro atoms. The number of hydrogen-bond donors (Lipinski definition) is 1. The molecule has 3 aliphatic carbocycles. The van der Waals surface area contributed by atoms with Crippen LogP contribution in [0.15, 0.2) is 48.5 Å². The fraction of sp³-hybridized carbons (Fsp3) is 0.417. The van der Waals surface area contributed by atoms with Crippen LogP contribution < -0.4 is 14.8 Å². The van der Waals surface area contributed by atoms with Crippen LogP contribution in [-0.2, 0) is 9.59 Å². The van der Waals surface area contributed by atoms with E-state index in [1.807, 2.05) is 31.2 Å². The predicted octanol–water partition coefficient (Wildman–Crippen LogP) is 4.49. The summed E-state index contributed by atoms with van der Waals surface area (Å²) >= 11 is 5.84. The molecule has 3 fully saturated rings. The summed E-state index contributed by atoms with van der Waals surface area (Å²) in [5, 5.41) is 3.67. The Kier molecular flexibility index (Phi) is 5.74. The molecule has 2 aromatic rings. The molecular formula is C24H26ClNO4. The predicted molar refractivity (Wildman–Crippen MR) is 115 cm³/mol. The van der Waals surface area contributed by atoms with Gasteiger partial charge in [-0.05, 0) is 74.6 Å². The minimum absolute atomic E-state index is 0.0410. The summed E-state index contributed by atoms with van der Waals surface area (Å²) in [4.78, 5) is 24.8. The van der Waals surface area contributed by atoms with Crippen LogP contribution in [0.1, 0.15) is 37.7 Å². The number of aryl methyl sites for hydroxylation is 1. The number of hydrogen-bond acceptors (Lipinski definition) is 4. The van der Waals surface area contributed by atoms with Crippen LogP contribution in [0, 0.1) is 12.3 Å². The van der Waals surface area contributed by atoms with Crippen molar-refractivity contribution in [3.8, 4) is 11.5 Å². The van der Waals surface area contributed by atoms with Gasteiger partial charge in [-0.2, -0.15) is 0 Å². The van der Waals surface area contributed by atoms with Crippen molar-refractivity contribution in [1.29, 1.82) is 0 Å². The lowest BCUT2D eigenvalue weighted by Gasteiger charge is -2.69. The van der Waals surface area contributed by atoms with Gasteiger partial charge in [0.2, 0.25) is 0 Å². The molecule has 6 heteroatoms. The molecule has 0 heterocycles. The highest BCUT2D eigenvalue weighted by atomic mass is 35.5. The zero-order chi connectivity index (χ0) is 21.2. The van der Waals surface area contributed by atoms with E-state index in [2.05, 4.69) is 5.32 Å². The summed E-state index contributed by atoms with van der Waals surface area (Å²) in [7, 11) is 0. The Bertz CT molecular complexity index is 921. The van der Waals surface area contributed by atoms with Gasteiger partial charge in [0, 0.05) is 22.4 Å². The Morgan fingerprint density at radius 3 is 2.47 bits per heavy atom. The van der Waals surface area contributed by atoms with E-state index in [0.717, 1.165) is 30.6 Å². The third-order valence-corrected chi connectivity index (χ3v) is 6.27. The van der Waals surface area contributed by atoms with E-state index >= 15 is 0 Å². The highest BCUT2D eigenvalue weighted by molar-refractivity contribution is 6.30. The number of amides is 1. The minimum atomic E-state index is -0.229. The molecule has 2 bridgehead atoms. The maximum Gasteiger partial charge on any atom is 0.258 e. The molecule has 0 aliphatic heterocycles. The first-order valence-electron chi connectivity index (χ1n) is 10.3. The molecule has 0 atom stereocenters. The maximum atomic E-state index is 12.6. The van der Waals surface area contributed by atoms with Crippen molar-refractivity contribution in [1.82, 2.24) is 5.32 Å². The van der Waals surface area contributed by atoms with Gasteiger partial charge in [-0.25, -0.2) is 0 Å². The first kappa shape index (κ1) is 20.7. The highest BCUT2D eigenvalue weighted by Crippen LogP contribution is 2.68. The molecule has 0 unspecified atom stereocenters. The summed E-state index contributed by atoms with van der Waals surface area (Å²) in [5.74, 6) is 1.59. The van der Waals surface area contributed by atoms with E-state index in [0.29, 0.717) is 36.0 Å². The number of carbonyl (C=O) groups is 2. The van der Waals surface area contributed by atoms with Gasteiger partial charge in [-0.1, -0.05) is 23.7 Å². The third-order valence-electron chi connectivity index (χ3n) is 6.02. The van der Waals surface area contributed by atoms with Gasteiger partial charge >= 0.3 is 0 Å². The van der Waals surface area contributed by atoms with Crippen LogP contribution in [0.3, 0.4) is 0 Å². The Labute approximate surface area is 181 Å². The van der Waals surface area contributed by atoms with Crippen molar-refractivity contribution in [2.24, 2.45) is 5.41 Å². The van der Waals surface area contributed by atoms with Gasteiger partial charge in [0.05, 0.1) is 6.61 Å². The van der Waals surface area contributed by atoms with Crippen LogP contribution in [0.5, 0.6) is 11.5 Å². The number of rotatable bonds is 10. The number of nitrogens with one attached hydrogen (secondary N) is 1. The zero-order valence-electron chi connectivity index (χ0n) is 17.1. The van der Waals surface area contributed by atoms with Crippen molar-refractivity contribution >= 4 is 23.3 Å². The minimum Gasteiger partial charge on any atom is -0.494 e. The average Bonchev–Trinajstić information content (AvgIpc) is 2.66. The van der Waals surface area contributed by atoms with Crippen molar-refractivity contribution in [2.75, 3.05) is 13.2 Å². The van der Waals surface area contributed by atoms with E-state index < -0.39 is 0 Å². The van der Waals surface area contributed by atoms with Crippen LogP contribution in [0.2, 0.25) is 5.02 Å². The molecule has 30 heavy (non-hydrogen) atoms. The molecule has 3 aliphatic rings. The molecule has 0 aromatic heterocycles. The van der Waals surface area contributed by atoms with Crippen LogP contribution in [0.25, 0.3) is 0 Å². The molecule has 0 saturated heterocycles. The highest BCUT2D eigenvalue weighted by Gasteiger charge is 2.71. The van der Waals surface area contributed by atoms with Crippen molar-refractivity contribution < 1.29 is 19.1 Å². The lowest BCUT2D eigenvalue weighted by Crippen LogP contribution is -2.77. The van der Waals surface area contributed by atoms with Crippen LogP contribution >= 0.6 is 11.6 Å². The molecule has 5 rings (SSSR count). The fourth-order valence-corrected chi connectivity index (χ4v) is 4.75. The first-order valence-corrected chi connectivity index (χ1v) is 10.7. The quantitative estimate of drug-likeness (QED) is 0.567. The van der Waals surface area contributed by atoms with E-state index in [-0.39, 0.29) is 23.5 Å². The van der Waals surface area contributed by atoms with Gasteiger partial charge in [0.25, 0.3) is 5.91 Å². The van der Waals surface area contributed by atoms with E-state index in [9.17, 15) is 9.59 Å².